The van der Waals surface area contributed by atoms with Crippen molar-refractivity contribution in [2.75, 3.05) is 33.3 Å². The lowest BCUT2D eigenvalue weighted by atomic mass is 10.1. The molecular formula is C12H24N2O2. The van der Waals surface area contributed by atoms with Crippen LogP contribution in [0.25, 0.3) is 0 Å². The fourth-order valence-electron chi connectivity index (χ4n) is 2.42. The third-order valence-electron chi connectivity index (χ3n) is 3.01. The van der Waals surface area contributed by atoms with Gasteiger partial charge in [0.2, 0.25) is 5.91 Å². The maximum absolute atomic E-state index is 12.0. The third-order valence-corrected chi connectivity index (χ3v) is 3.01. The zero-order valence-electron chi connectivity index (χ0n) is 10.8. The van der Waals surface area contributed by atoms with Crippen LogP contribution in [-0.2, 0) is 4.79 Å². The zero-order chi connectivity index (χ0) is 12.3. The Bertz CT molecular complexity index is 243. The number of hydrogen-bond acceptors (Lipinski definition) is 3. The topological polar surface area (TPSA) is 43.8 Å². The van der Waals surface area contributed by atoms with Crippen molar-refractivity contribution in [3.05, 3.63) is 0 Å². The molecule has 1 heterocycles. The first-order chi connectivity index (χ1) is 7.45. The van der Waals surface area contributed by atoms with Crippen LogP contribution < -0.4 is 0 Å². The van der Waals surface area contributed by atoms with Gasteiger partial charge in [-0.3, -0.25) is 9.69 Å². The summed E-state index contributed by atoms with van der Waals surface area (Å²) < 4.78 is 0. The molecule has 0 aliphatic carbocycles. The smallest absolute Gasteiger partial charge is 0.242 e. The summed E-state index contributed by atoms with van der Waals surface area (Å²) in [4.78, 5) is 15.9. The van der Waals surface area contributed by atoms with Gasteiger partial charge >= 0.3 is 0 Å². The first kappa shape index (κ1) is 13.5. The van der Waals surface area contributed by atoms with Crippen molar-refractivity contribution in [2.24, 2.45) is 11.8 Å². The molecule has 1 saturated heterocycles. The molecule has 0 bridgehead atoms. The minimum absolute atomic E-state index is 0.0486. The van der Waals surface area contributed by atoms with Crippen molar-refractivity contribution >= 4 is 5.91 Å². The summed E-state index contributed by atoms with van der Waals surface area (Å²) in [6.45, 7) is 8.88. The average Bonchev–Trinajstić information content (AvgIpc) is 2.24. The van der Waals surface area contributed by atoms with Gasteiger partial charge in [-0.05, 0) is 11.8 Å². The van der Waals surface area contributed by atoms with Gasteiger partial charge in [0.15, 0.2) is 0 Å². The number of nitrogens with zero attached hydrogens (tertiary/aromatic N) is 2. The highest BCUT2D eigenvalue weighted by Gasteiger charge is 2.32. The van der Waals surface area contributed by atoms with E-state index in [2.05, 4.69) is 25.7 Å². The van der Waals surface area contributed by atoms with Crippen LogP contribution in [0.2, 0.25) is 0 Å². The molecule has 0 aromatic rings. The normalized spacial score (nSPS) is 28.6. The number of aliphatic hydroxyl groups excluding tert-OH is 1. The number of hydrogen-bond donors (Lipinski definition) is 1. The van der Waals surface area contributed by atoms with E-state index >= 15 is 0 Å². The van der Waals surface area contributed by atoms with Crippen LogP contribution >= 0.6 is 0 Å². The van der Waals surface area contributed by atoms with Crippen molar-refractivity contribution in [3.63, 3.8) is 0 Å². The molecule has 2 atom stereocenters. The number of carbonyl (C=O) groups excluding carboxylic acids is 1. The van der Waals surface area contributed by atoms with Gasteiger partial charge in [0.25, 0.3) is 0 Å². The number of aliphatic hydroxyl groups is 1. The van der Waals surface area contributed by atoms with Gasteiger partial charge in [-0.1, -0.05) is 20.8 Å². The lowest BCUT2D eigenvalue weighted by molar-refractivity contribution is -0.135. The van der Waals surface area contributed by atoms with E-state index in [1.165, 1.54) is 0 Å². The van der Waals surface area contributed by atoms with Crippen LogP contribution in [0.3, 0.4) is 0 Å². The molecule has 1 aliphatic rings. The molecule has 0 aromatic carbocycles. The van der Waals surface area contributed by atoms with E-state index in [1.807, 2.05) is 7.05 Å². The average molecular weight is 228 g/mol. The highest BCUT2D eigenvalue weighted by Crippen LogP contribution is 2.15. The molecule has 0 radical (unpaired) electrons. The van der Waals surface area contributed by atoms with E-state index in [0.29, 0.717) is 11.8 Å². The maximum atomic E-state index is 12.0. The molecule has 1 rings (SSSR count). The van der Waals surface area contributed by atoms with Gasteiger partial charge < -0.3 is 10.0 Å². The minimum atomic E-state index is -0.350. The summed E-state index contributed by atoms with van der Waals surface area (Å²) in [5.74, 6) is 1.02. The Labute approximate surface area is 98.2 Å². The van der Waals surface area contributed by atoms with Crippen LogP contribution in [0.15, 0.2) is 0 Å². The van der Waals surface area contributed by atoms with Crippen molar-refractivity contribution in [3.8, 4) is 0 Å². The molecule has 1 aliphatic heterocycles. The molecule has 4 heteroatoms. The number of likely N-dealkylation sites (N-methyl/N-ethyl adjacent to an activating group) is 1. The van der Waals surface area contributed by atoms with Crippen LogP contribution in [0.4, 0.5) is 0 Å². The SMILES string of the molecule is CC(C)CN1CC(C)CN(C)C(=O)C1CO. The highest BCUT2D eigenvalue weighted by atomic mass is 16.3. The molecule has 0 saturated carbocycles. The van der Waals surface area contributed by atoms with Gasteiger partial charge in [-0.15, -0.1) is 0 Å². The molecule has 1 fully saturated rings. The van der Waals surface area contributed by atoms with E-state index in [-0.39, 0.29) is 18.6 Å². The Morgan fingerprint density at radius 2 is 2.06 bits per heavy atom. The summed E-state index contributed by atoms with van der Waals surface area (Å²) in [5, 5.41) is 9.38. The van der Waals surface area contributed by atoms with E-state index in [4.69, 9.17) is 0 Å². The molecule has 1 amide bonds. The fourth-order valence-corrected chi connectivity index (χ4v) is 2.42. The maximum Gasteiger partial charge on any atom is 0.242 e. The van der Waals surface area contributed by atoms with E-state index in [1.54, 1.807) is 4.90 Å². The van der Waals surface area contributed by atoms with Crippen molar-refractivity contribution in [2.45, 2.75) is 26.8 Å². The number of carbonyl (C=O) groups is 1. The number of amides is 1. The molecular weight excluding hydrogens is 204 g/mol. The van der Waals surface area contributed by atoms with E-state index in [0.717, 1.165) is 19.6 Å². The predicted molar refractivity (Wildman–Crippen MR) is 64.1 cm³/mol. The Kier molecular flexibility index (Phi) is 4.74. The summed E-state index contributed by atoms with van der Waals surface area (Å²) in [5.41, 5.74) is 0. The van der Waals surface area contributed by atoms with Crippen LogP contribution in [-0.4, -0.2) is 60.1 Å². The summed E-state index contributed by atoms with van der Waals surface area (Å²) in [7, 11) is 1.82. The standard InChI is InChI=1S/C12H24N2O2/c1-9(2)5-14-7-10(3)6-13(4)12(16)11(14)8-15/h9-11,15H,5-8H2,1-4H3. The van der Waals surface area contributed by atoms with Gasteiger partial charge in [0.05, 0.1) is 6.61 Å². The van der Waals surface area contributed by atoms with Gasteiger partial charge in [0.1, 0.15) is 6.04 Å². The molecule has 2 unspecified atom stereocenters. The fraction of sp³-hybridized carbons (Fsp3) is 0.917. The summed E-state index contributed by atoms with van der Waals surface area (Å²) >= 11 is 0. The molecule has 0 aromatic heterocycles. The minimum Gasteiger partial charge on any atom is -0.394 e. The van der Waals surface area contributed by atoms with Crippen LogP contribution in [0.5, 0.6) is 0 Å². The first-order valence-corrected chi connectivity index (χ1v) is 6.05. The van der Waals surface area contributed by atoms with E-state index < -0.39 is 0 Å². The lowest BCUT2D eigenvalue weighted by Crippen LogP contribution is -2.48. The Hall–Kier alpha value is -0.610. The summed E-state index contributed by atoms with van der Waals surface area (Å²) in [6.07, 6.45) is 0. The van der Waals surface area contributed by atoms with Crippen LogP contribution in [0.1, 0.15) is 20.8 Å². The first-order valence-electron chi connectivity index (χ1n) is 6.05. The highest BCUT2D eigenvalue weighted by molar-refractivity contribution is 5.82. The molecule has 0 spiro atoms. The summed E-state index contributed by atoms with van der Waals surface area (Å²) in [6, 6.07) is -0.350. The Morgan fingerprint density at radius 1 is 1.44 bits per heavy atom. The lowest BCUT2D eigenvalue weighted by Gasteiger charge is -2.30. The predicted octanol–water partition coefficient (Wildman–Crippen LogP) is 0.413. The molecule has 4 nitrogen and oxygen atoms in total. The molecule has 94 valence electrons. The quantitative estimate of drug-likeness (QED) is 0.761. The van der Waals surface area contributed by atoms with Crippen LogP contribution in [0, 0.1) is 11.8 Å². The van der Waals surface area contributed by atoms with Crippen molar-refractivity contribution < 1.29 is 9.90 Å². The van der Waals surface area contributed by atoms with Crippen molar-refractivity contribution in [1.29, 1.82) is 0 Å². The largest absolute Gasteiger partial charge is 0.394 e. The second kappa shape index (κ2) is 5.64. The second-order valence-corrected chi connectivity index (χ2v) is 5.37. The molecule has 16 heavy (non-hydrogen) atoms. The number of rotatable bonds is 3. The van der Waals surface area contributed by atoms with Crippen molar-refractivity contribution in [1.82, 2.24) is 9.80 Å². The monoisotopic (exact) mass is 228 g/mol. The zero-order valence-corrected chi connectivity index (χ0v) is 10.8. The van der Waals surface area contributed by atoms with E-state index in [9.17, 15) is 9.90 Å². The van der Waals surface area contributed by atoms with Gasteiger partial charge in [-0.2, -0.15) is 0 Å². The third kappa shape index (κ3) is 3.19. The van der Waals surface area contributed by atoms with Gasteiger partial charge in [0, 0.05) is 26.7 Å². The van der Waals surface area contributed by atoms with Gasteiger partial charge in [-0.25, -0.2) is 0 Å². The Balaban J connectivity index is 2.81. The second-order valence-electron chi connectivity index (χ2n) is 5.37. The Morgan fingerprint density at radius 3 is 2.56 bits per heavy atom. The molecule has 1 N–H and O–H groups in total.